The van der Waals surface area contributed by atoms with E-state index in [-0.39, 0.29) is 5.91 Å². The van der Waals surface area contributed by atoms with Crippen LogP contribution < -0.4 is 10.1 Å². The highest BCUT2D eigenvalue weighted by Crippen LogP contribution is 2.23. The molecule has 0 radical (unpaired) electrons. The molecular formula is C21H24N2O2. The summed E-state index contributed by atoms with van der Waals surface area (Å²) in [7, 11) is 1.67. The number of benzene rings is 2. The standard InChI is InChI=1S/C21H24N2O2/c1-23-21(24)6-4-2-3-5-15-25-20-13-11-19(12-14-20)18-9-7-17(16-22)8-10-18/h7-14H,2-6,15H2,1H3,(H,23,24). The van der Waals surface area contributed by atoms with Crippen molar-refractivity contribution in [3.8, 4) is 22.9 Å². The number of nitrogens with one attached hydrogen (secondary N) is 1. The number of nitrogens with zero attached hydrogens (tertiary/aromatic N) is 1. The Balaban J connectivity index is 1.70. The molecular weight excluding hydrogens is 312 g/mol. The quantitative estimate of drug-likeness (QED) is 0.694. The van der Waals surface area contributed by atoms with Crippen molar-refractivity contribution in [2.45, 2.75) is 32.1 Å². The van der Waals surface area contributed by atoms with E-state index in [9.17, 15) is 4.79 Å². The van der Waals surface area contributed by atoms with Crippen molar-refractivity contribution in [1.82, 2.24) is 5.32 Å². The van der Waals surface area contributed by atoms with Gasteiger partial charge >= 0.3 is 0 Å². The van der Waals surface area contributed by atoms with Gasteiger partial charge < -0.3 is 10.1 Å². The Bertz CT molecular complexity index is 700. The van der Waals surface area contributed by atoms with Gasteiger partial charge in [-0.25, -0.2) is 0 Å². The summed E-state index contributed by atoms with van der Waals surface area (Å²) in [6.45, 7) is 0.691. The zero-order chi connectivity index (χ0) is 17.9. The van der Waals surface area contributed by atoms with Crippen LogP contribution in [0.3, 0.4) is 0 Å². The van der Waals surface area contributed by atoms with Crippen LogP contribution in [0, 0.1) is 11.3 Å². The number of amides is 1. The highest BCUT2D eigenvalue weighted by atomic mass is 16.5. The molecule has 0 spiro atoms. The number of ether oxygens (including phenoxy) is 1. The van der Waals surface area contributed by atoms with Crippen LogP contribution in [0.4, 0.5) is 0 Å². The summed E-state index contributed by atoms with van der Waals surface area (Å²) < 4.78 is 5.76. The molecule has 130 valence electrons. The lowest BCUT2D eigenvalue weighted by Gasteiger charge is -2.08. The fraction of sp³-hybridized carbons (Fsp3) is 0.333. The first-order valence-electron chi connectivity index (χ1n) is 8.67. The highest BCUT2D eigenvalue weighted by molar-refractivity contribution is 5.75. The van der Waals surface area contributed by atoms with E-state index in [4.69, 9.17) is 10.00 Å². The Labute approximate surface area is 149 Å². The van der Waals surface area contributed by atoms with Crippen LogP contribution in [-0.4, -0.2) is 19.6 Å². The molecule has 2 rings (SSSR count). The van der Waals surface area contributed by atoms with Crippen molar-refractivity contribution in [1.29, 1.82) is 5.26 Å². The molecule has 4 heteroatoms. The van der Waals surface area contributed by atoms with Gasteiger partial charge in [0, 0.05) is 13.5 Å². The Hall–Kier alpha value is -2.80. The van der Waals surface area contributed by atoms with Crippen LogP contribution in [0.1, 0.15) is 37.7 Å². The van der Waals surface area contributed by atoms with Gasteiger partial charge in [-0.05, 0) is 48.2 Å². The second-order valence-electron chi connectivity index (χ2n) is 5.90. The van der Waals surface area contributed by atoms with Gasteiger partial charge in [0.2, 0.25) is 5.91 Å². The molecule has 0 bridgehead atoms. The molecule has 0 fully saturated rings. The summed E-state index contributed by atoms with van der Waals surface area (Å²) >= 11 is 0. The lowest BCUT2D eigenvalue weighted by molar-refractivity contribution is -0.120. The van der Waals surface area contributed by atoms with Gasteiger partial charge in [-0.1, -0.05) is 37.1 Å². The van der Waals surface area contributed by atoms with E-state index >= 15 is 0 Å². The van der Waals surface area contributed by atoms with Crippen LogP contribution in [-0.2, 0) is 4.79 Å². The maximum Gasteiger partial charge on any atom is 0.219 e. The van der Waals surface area contributed by atoms with E-state index in [0.29, 0.717) is 18.6 Å². The van der Waals surface area contributed by atoms with Crippen molar-refractivity contribution >= 4 is 5.91 Å². The highest BCUT2D eigenvalue weighted by Gasteiger charge is 2.00. The molecule has 2 aromatic rings. The minimum absolute atomic E-state index is 0.110. The second-order valence-corrected chi connectivity index (χ2v) is 5.90. The van der Waals surface area contributed by atoms with Gasteiger partial charge in [0.25, 0.3) is 0 Å². The molecule has 0 heterocycles. The van der Waals surface area contributed by atoms with Crippen LogP contribution >= 0.6 is 0 Å². The zero-order valence-corrected chi connectivity index (χ0v) is 14.6. The first-order chi connectivity index (χ1) is 12.2. The smallest absolute Gasteiger partial charge is 0.219 e. The number of nitriles is 1. The van der Waals surface area contributed by atoms with Crippen LogP contribution in [0.2, 0.25) is 0 Å². The summed E-state index contributed by atoms with van der Waals surface area (Å²) in [5.74, 6) is 0.973. The van der Waals surface area contributed by atoms with E-state index in [1.165, 1.54) is 0 Å². The van der Waals surface area contributed by atoms with Crippen molar-refractivity contribution in [2.75, 3.05) is 13.7 Å². The monoisotopic (exact) mass is 336 g/mol. The van der Waals surface area contributed by atoms with E-state index in [2.05, 4.69) is 11.4 Å². The largest absolute Gasteiger partial charge is 0.494 e. The topological polar surface area (TPSA) is 62.1 Å². The normalized spacial score (nSPS) is 10.1. The maximum absolute atomic E-state index is 11.1. The minimum Gasteiger partial charge on any atom is -0.494 e. The molecule has 4 nitrogen and oxygen atoms in total. The predicted octanol–water partition coefficient (Wildman–Crippen LogP) is 4.30. The lowest BCUT2D eigenvalue weighted by atomic mass is 10.0. The van der Waals surface area contributed by atoms with Gasteiger partial charge in [0.15, 0.2) is 0 Å². The molecule has 1 N–H and O–H groups in total. The lowest BCUT2D eigenvalue weighted by Crippen LogP contribution is -2.16. The maximum atomic E-state index is 11.1. The number of carbonyl (C=O) groups excluding carboxylic acids is 1. The number of hydrogen-bond donors (Lipinski definition) is 1. The van der Waals surface area contributed by atoms with Gasteiger partial charge in [-0.15, -0.1) is 0 Å². The van der Waals surface area contributed by atoms with Crippen LogP contribution in [0.25, 0.3) is 11.1 Å². The molecule has 0 unspecified atom stereocenters. The Kier molecular flexibility index (Phi) is 7.52. The summed E-state index contributed by atoms with van der Waals surface area (Å²) in [5.41, 5.74) is 2.85. The van der Waals surface area contributed by atoms with Crippen LogP contribution in [0.5, 0.6) is 5.75 Å². The predicted molar refractivity (Wildman–Crippen MR) is 99.2 cm³/mol. The van der Waals surface area contributed by atoms with E-state index in [0.717, 1.165) is 42.6 Å². The SMILES string of the molecule is CNC(=O)CCCCCCOc1ccc(-c2ccc(C#N)cc2)cc1. The van der Waals surface area contributed by atoms with Crippen LogP contribution in [0.15, 0.2) is 48.5 Å². The summed E-state index contributed by atoms with van der Waals surface area (Å²) in [6, 6.07) is 17.7. The number of unbranched alkanes of at least 4 members (excludes halogenated alkanes) is 3. The molecule has 0 saturated carbocycles. The third-order valence-electron chi connectivity index (χ3n) is 4.05. The number of hydrogen-bond acceptors (Lipinski definition) is 3. The average Bonchev–Trinajstić information content (AvgIpc) is 2.67. The summed E-state index contributed by atoms with van der Waals surface area (Å²) in [4.78, 5) is 11.1. The first-order valence-corrected chi connectivity index (χ1v) is 8.67. The molecule has 0 aliphatic heterocycles. The molecule has 25 heavy (non-hydrogen) atoms. The fourth-order valence-corrected chi connectivity index (χ4v) is 2.54. The third kappa shape index (κ3) is 6.31. The average molecular weight is 336 g/mol. The fourth-order valence-electron chi connectivity index (χ4n) is 2.54. The van der Waals surface area contributed by atoms with E-state index in [1.807, 2.05) is 48.5 Å². The molecule has 0 atom stereocenters. The minimum atomic E-state index is 0.110. The van der Waals surface area contributed by atoms with Crippen molar-refractivity contribution in [2.24, 2.45) is 0 Å². The Morgan fingerprint density at radius 3 is 2.16 bits per heavy atom. The molecule has 1 amide bonds. The van der Waals surface area contributed by atoms with E-state index < -0.39 is 0 Å². The van der Waals surface area contributed by atoms with Gasteiger partial charge in [-0.3, -0.25) is 4.79 Å². The summed E-state index contributed by atoms with van der Waals surface area (Å²) in [6.07, 6.45) is 4.65. The van der Waals surface area contributed by atoms with E-state index in [1.54, 1.807) is 7.05 Å². The van der Waals surface area contributed by atoms with Crippen molar-refractivity contribution in [3.05, 3.63) is 54.1 Å². The Morgan fingerprint density at radius 2 is 1.56 bits per heavy atom. The molecule has 0 saturated heterocycles. The second kappa shape index (κ2) is 10.1. The third-order valence-corrected chi connectivity index (χ3v) is 4.05. The molecule has 0 aliphatic carbocycles. The number of carbonyl (C=O) groups is 1. The van der Waals surface area contributed by atoms with Crippen molar-refractivity contribution < 1.29 is 9.53 Å². The first kappa shape index (κ1) is 18.5. The molecule has 0 aromatic heterocycles. The van der Waals surface area contributed by atoms with Gasteiger partial charge in [0.05, 0.1) is 18.2 Å². The Morgan fingerprint density at radius 1 is 0.960 bits per heavy atom. The molecule has 2 aromatic carbocycles. The zero-order valence-electron chi connectivity index (χ0n) is 14.6. The summed E-state index contributed by atoms with van der Waals surface area (Å²) in [5, 5.41) is 11.5. The van der Waals surface area contributed by atoms with Crippen molar-refractivity contribution in [3.63, 3.8) is 0 Å². The van der Waals surface area contributed by atoms with Gasteiger partial charge in [0.1, 0.15) is 5.75 Å². The number of rotatable bonds is 9. The van der Waals surface area contributed by atoms with Gasteiger partial charge in [-0.2, -0.15) is 5.26 Å². The molecule has 0 aliphatic rings.